The van der Waals surface area contributed by atoms with E-state index in [1.54, 1.807) is 18.6 Å². The highest BCUT2D eigenvalue weighted by molar-refractivity contribution is 6.29. The van der Waals surface area contributed by atoms with Gasteiger partial charge in [-0.1, -0.05) is 0 Å². The SMILES string of the molecule is COC(=O)c1ccc(NC(=O)CCl)c(Cc2cncn2CC2CC2)c1N. The van der Waals surface area contributed by atoms with Gasteiger partial charge in [-0.2, -0.15) is 0 Å². The highest BCUT2D eigenvalue weighted by atomic mass is 35.5. The van der Waals surface area contributed by atoms with E-state index < -0.39 is 5.97 Å². The van der Waals surface area contributed by atoms with Gasteiger partial charge in [-0.15, -0.1) is 11.6 Å². The number of imidazole rings is 1. The fourth-order valence-electron chi connectivity index (χ4n) is 2.86. The number of rotatable bonds is 7. The molecule has 3 N–H and O–H groups in total. The van der Waals surface area contributed by atoms with E-state index in [0.717, 1.165) is 12.2 Å². The molecule has 0 radical (unpaired) electrons. The van der Waals surface area contributed by atoms with E-state index in [1.165, 1.54) is 26.0 Å². The summed E-state index contributed by atoms with van der Waals surface area (Å²) in [5.41, 5.74) is 8.92. The number of ether oxygens (including phenoxy) is 1. The van der Waals surface area contributed by atoms with Crippen LogP contribution in [-0.4, -0.2) is 34.4 Å². The van der Waals surface area contributed by atoms with Gasteiger partial charge in [-0.25, -0.2) is 9.78 Å². The fourth-order valence-corrected chi connectivity index (χ4v) is 2.93. The maximum atomic E-state index is 12.0. The number of hydrogen-bond acceptors (Lipinski definition) is 5. The molecule has 0 spiro atoms. The lowest BCUT2D eigenvalue weighted by Crippen LogP contribution is -2.17. The fraction of sp³-hybridized carbons (Fsp3) is 0.389. The largest absolute Gasteiger partial charge is 0.465 e. The number of nitrogen functional groups attached to an aromatic ring is 1. The minimum absolute atomic E-state index is 0.169. The summed E-state index contributed by atoms with van der Waals surface area (Å²) in [5, 5.41) is 2.74. The number of esters is 1. The molecule has 1 heterocycles. The topological polar surface area (TPSA) is 99.2 Å². The van der Waals surface area contributed by atoms with E-state index in [1.807, 2.05) is 0 Å². The predicted octanol–water partition coefficient (Wildman–Crippen LogP) is 2.43. The van der Waals surface area contributed by atoms with Crippen molar-refractivity contribution in [2.75, 3.05) is 24.0 Å². The van der Waals surface area contributed by atoms with Gasteiger partial charge in [-0.3, -0.25) is 4.79 Å². The Kier molecular flexibility index (Phi) is 5.46. The summed E-state index contributed by atoms with van der Waals surface area (Å²) in [5.74, 6) is -0.343. The van der Waals surface area contributed by atoms with Crippen LogP contribution in [0.25, 0.3) is 0 Å². The van der Waals surface area contributed by atoms with Crippen molar-refractivity contribution >= 4 is 34.9 Å². The molecular formula is C18H21ClN4O3. The van der Waals surface area contributed by atoms with E-state index >= 15 is 0 Å². The number of aromatic nitrogens is 2. The average molecular weight is 377 g/mol. The molecule has 3 rings (SSSR count). The third-order valence-corrected chi connectivity index (χ3v) is 4.71. The van der Waals surface area contributed by atoms with Crippen LogP contribution in [0, 0.1) is 5.92 Å². The number of halogens is 1. The number of amides is 1. The summed E-state index contributed by atoms with van der Waals surface area (Å²) >= 11 is 5.60. The first kappa shape index (κ1) is 18.3. The van der Waals surface area contributed by atoms with Gasteiger partial charge < -0.3 is 20.4 Å². The maximum absolute atomic E-state index is 12.0. The highest BCUT2D eigenvalue weighted by Crippen LogP contribution is 2.33. The molecule has 0 bridgehead atoms. The monoisotopic (exact) mass is 376 g/mol. The zero-order valence-corrected chi connectivity index (χ0v) is 15.3. The molecule has 1 amide bonds. The normalized spacial score (nSPS) is 13.5. The van der Waals surface area contributed by atoms with Crippen LogP contribution in [0.15, 0.2) is 24.7 Å². The number of benzene rings is 1. The van der Waals surface area contributed by atoms with Crippen molar-refractivity contribution in [3.8, 4) is 0 Å². The zero-order chi connectivity index (χ0) is 18.7. The number of carbonyl (C=O) groups excluding carboxylic acids is 2. The van der Waals surface area contributed by atoms with E-state index in [2.05, 4.69) is 14.9 Å². The average Bonchev–Trinajstić information content (AvgIpc) is 3.35. The number of nitrogens with one attached hydrogen (secondary N) is 1. The molecule has 0 atom stereocenters. The first-order valence-electron chi connectivity index (χ1n) is 8.38. The molecule has 1 aliphatic rings. The van der Waals surface area contributed by atoms with E-state index in [4.69, 9.17) is 22.1 Å². The molecule has 26 heavy (non-hydrogen) atoms. The minimum atomic E-state index is -0.523. The third-order valence-electron chi connectivity index (χ3n) is 4.47. The Balaban J connectivity index is 1.97. The smallest absolute Gasteiger partial charge is 0.339 e. The van der Waals surface area contributed by atoms with Gasteiger partial charge in [0.2, 0.25) is 5.91 Å². The predicted molar refractivity (Wildman–Crippen MR) is 99.3 cm³/mol. The molecule has 1 aromatic heterocycles. The van der Waals surface area contributed by atoms with Gasteiger partial charge in [0.15, 0.2) is 0 Å². The molecule has 8 heteroatoms. The lowest BCUT2D eigenvalue weighted by Gasteiger charge is -2.16. The number of nitrogens with zero attached hydrogens (tertiary/aromatic N) is 2. The Hall–Kier alpha value is -2.54. The Bertz CT molecular complexity index is 830. The van der Waals surface area contributed by atoms with Crippen LogP contribution in [0.2, 0.25) is 0 Å². The first-order valence-corrected chi connectivity index (χ1v) is 8.91. The van der Waals surface area contributed by atoms with E-state index in [0.29, 0.717) is 23.6 Å². The molecule has 7 nitrogen and oxygen atoms in total. The maximum Gasteiger partial charge on any atom is 0.339 e. The summed E-state index contributed by atoms with van der Waals surface area (Å²) in [6.07, 6.45) is 6.47. The number of anilines is 2. The number of carbonyl (C=O) groups is 2. The van der Waals surface area contributed by atoms with Gasteiger partial charge in [0.05, 0.1) is 24.7 Å². The Morgan fingerprint density at radius 3 is 2.85 bits per heavy atom. The first-order chi connectivity index (χ1) is 12.5. The van der Waals surface area contributed by atoms with E-state index in [9.17, 15) is 9.59 Å². The van der Waals surface area contributed by atoms with Gasteiger partial charge in [0, 0.05) is 36.1 Å². The van der Waals surface area contributed by atoms with Crippen LogP contribution < -0.4 is 11.1 Å². The quantitative estimate of drug-likeness (QED) is 0.439. The lowest BCUT2D eigenvalue weighted by atomic mass is 10.0. The third kappa shape index (κ3) is 3.99. The molecule has 1 aromatic carbocycles. The second kappa shape index (κ2) is 7.78. The van der Waals surface area contributed by atoms with Gasteiger partial charge >= 0.3 is 5.97 Å². The standard InChI is InChI=1S/C18H21ClN4O3/c1-26-18(25)13-4-5-15(22-16(24)7-19)14(17(13)20)6-12-8-21-10-23(12)9-11-2-3-11/h4-5,8,10-11H,2-3,6-7,9,20H2,1H3,(H,22,24). The molecule has 0 aliphatic heterocycles. The van der Waals surface area contributed by atoms with Gasteiger partial charge in [0.1, 0.15) is 5.88 Å². The van der Waals surface area contributed by atoms with Crippen LogP contribution in [-0.2, 0) is 22.5 Å². The van der Waals surface area contributed by atoms with Crippen LogP contribution in [0.5, 0.6) is 0 Å². The van der Waals surface area contributed by atoms with Crippen molar-refractivity contribution in [3.05, 3.63) is 41.5 Å². The minimum Gasteiger partial charge on any atom is -0.465 e. The van der Waals surface area contributed by atoms with E-state index in [-0.39, 0.29) is 23.0 Å². The molecule has 1 aliphatic carbocycles. The van der Waals surface area contributed by atoms with Crippen molar-refractivity contribution in [2.24, 2.45) is 5.92 Å². The molecule has 2 aromatic rings. The number of hydrogen-bond donors (Lipinski definition) is 2. The second-order valence-corrected chi connectivity index (χ2v) is 6.65. The van der Waals surface area contributed by atoms with Crippen LogP contribution in [0.1, 0.15) is 34.5 Å². The summed E-state index contributed by atoms with van der Waals surface area (Å²) < 4.78 is 6.88. The van der Waals surface area contributed by atoms with Crippen molar-refractivity contribution in [1.29, 1.82) is 0 Å². The second-order valence-electron chi connectivity index (χ2n) is 6.38. The summed E-state index contributed by atoms with van der Waals surface area (Å²) in [6.45, 7) is 0.912. The van der Waals surface area contributed by atoms with Crippen LogP contribution >= 0.6 is 11.6 Å². The Morgan fingerprint density at radius 1 is 1.42 bits per heavy atom. The van der Waals surface area contributed by atoms with Crippen molar-refractivity contribution in [3.63, 3.8) is 0 Å². The molecular weight excluding hydrogens is 356 g/mol. The van der Waals surface area contributed by atoms with Crippen molar-refractivity contribution < 1.29 is 14.3 Å². The lowest BCUT2D eigenvalue weighted by molar-refractivity contribution is -0.113. The van der Waals surface area contributed by atoms with Crippen molar-refractivity contribution in [1.82, 2.24) is 9.55 Å². The number of methoxy groups -OCH3 is 1. The van der Waals surface area contributed by atoms with Gasteiger partial charge in [0.25, 0.3) is 0 Å². The molecule has 0 unspecified atom stereocenters. The summed E-state index contributed by atoms with van der Waals surface area (Å²) in [6, 6.07) is 3.18. The Morgan fingerprint density at radius 2 is 2.19 bits per heavy atom. The molecule has 1 fully saturated rings. The number of nitrogens with two attached hydrogens (primary N) is 1. The van der Waals surface area contributed by atoms with Crippen molar-refractivity contribution in [2.45, 2.75) is 25.8 Å². The summed E-state index contributed by atoms with van der Waals surface area (Å²) in [7, 11) is 1.30. The van der Waals surface area contributed by atoms with Gasteiger partial charge in [-0.05, 0) is 30.9 Å². The Labute approximate surface area is 156 Å². The molecule has 1 saturated carbocycles. The van der Waals surface area contributed by atoms with Crippen LogP contribution in [0.4, 0.5) is 11.4 Å². The highest BCUT2D eigenvalue weighted by Gasteiger charge is 2.24. The molecule has 0 saturated heterocycles. The van der Waals surface area contributed by atoms with Crippen LogP contribution in [0.3, 0.4) is 0 Å². The molecule has 138 valence electrons. The zero-order valence-electron chi connectivity index (χ0n) is 14.5. The summed E-state index contributed by atoms with van der Waals surface area (Å²) in [4.78, 5) is 28.0. The number of alkyl halides is 1.